The number of hydrogen-bond acceptors (Lipinski definition) is 7. The fraction of sp³-hybridized carbons (Fsp3) is 0.0714. The summed E-state index contributed by atoms with van der Waals surface area (Å²) in [5.74, 6) is 3.10. The third-order valence-electron chi connectivity index (χ3n) is 12.0. The molecule has 11 aromatic rings. The van der Waals surface area contributed by atoms with Crippen molar-refractivity contribution in [3.05, 3.63) is 205 Å². The smallest absolute Gasteiger partial charge is 0.176 e. The number of nitrogens with zero attached hydrogens (tertiary/aromatic N) is 4. The zero-order valence-corrected chi connectivity index (χ0v) is 36.1. The van der Waals surface area contributed by atoms with Crippen LogP contribution < -0.4 is 5.73 Å². The van der Waals surface area contributed by atoms with Crippen LogP contribution in [-0.2, 0) is 0 Å². The van der Waals surface area contributed by atoms with Gasteiger partial charge >= 0.3 is 0 Å². The molecule has 12 rings (SSSR count). The molecule has 0 amide bonds. The lowest BCUT2D eigenvalue weighted by atomic mass is 9.98. The molecule has 0 saturated carbocycles. The Labute approximate surface area is 374 Å². The zero-order valence-electron chi connectivity index (χ0n) is 35.3. The first-order valence-corrected chi connectivity index (χ1v) is 22.3. The van der Waals surface area contributed by atoms with Crippen LogP contribution in [0.15, 0.2) is 186 Å². The van der Waals surface area contributed by atoms with Gasteiger partial charge in [0.15, 0.2) is 23.2 Å². The van der Waals surface area contributed by atoms with Crippen LogP contribution >= 0.6 is 11.3 Å². The lowest BCUT2D eigenvalue weighted by Gasteiger charge is -2.13. The molecule has 0 saturated heterocycles. The van der Waals surface area contributed by atoms with Crippen molar-refractivity contribution < 1.29 is 4.42 Å². The first-order valence-electron chi connectivity index (χ1n) is 21.5. The molecule has 3 N–H and O–H groups in total. The molecule has 0 aliphatic heterocycles. The molecule has 7 nitrogen and oxygen atoms in total. The van der Waals surface area contributed by atoms with E-state index in [9.17, 15) is 0 Å². The number of allylic oxidation sites excluding steroid dienone is 4. The van der Waals surface area contributed by atoms with Crippen molar-refractivity contribution in [2.24, 2.45) is 5.92 Å². The van der Waals surface area contributed by atoms with Crippen LogP contribution in [0.1, 0.15) is 36.1 Å². The summed E-state index contributed by atoms with van der Waals surface area (Å²) in [6.45, 7) is 4.37. The van der Waals surface area contributed by atoms with Crippen LogP contribution in [0.25, 0.3) is 87.0 Å². The summed E-state index contributed by atoms with van der Waals surface area (Å²) in [6.07, 6.45) is 7.61. The molecule has 0 radical (unpaired) electrons. The summed E-state index contributed by atoms with van der Waals surface area (Å²) in [5, 5.41) is 14.5. The molecular weight excluding hydrogens is 805 g/mol. The van der Waals surface area contributed by atoms with Crippen molar-refractivity contribution in [2.75, 3.05) is 5.73 Å². The number of aryl methyl sites for hydroxylation is 1. The minimum Gasteiger partial charge on any atom is -0.452 e. The summed E-state index contributed by atoms with van der Waals surface area (Å²) in [6, 6.07) is 55.7. The molecule has 1 atom stereocenters. The molecule has 0 bridgehead atoms. The highest BCUT2D eigenvalue weighted by molar-refractivity contribution is 7.25. The number of aromatic nitrogens is 4. The van der Waals surface area contributed by atoms with E-state index in [-0.39, 0.29) is 5.71 Å². The van der Waals surface area contributed by atoms with E-state index in [0.29, 0.717) is 28.8 Å². The third-order valence-corrected chi connectivity index (χ3v) is 13.1. The lowest BCUT2D eigenvalue weighted by molar-refractivity contribution is 0.606. The molecule has 4 heterocycles. The fourth-order valence-corrected chi connectivity index (χ4v) is 9.84. The average Bonchev–Trinajstić information content (AvgIpc) is 4.00. The number of furan rings is 1. The van der Waals surface area contributed by atoms with Gasteiger partial charge in [0.2, 0.25) is 0 Å². The van der Waals surface area contributed by atoms with Crippen molar-refractivity contribution in [3.8, 4) is 28.5 Å². The standard InChI is InChI=1S/C29H23N3S.C27H19N3O/c1-18-11-14-21(15-12-18)28-30-27(20-7-4-3-5-8-20)31-29(32-28)22-9-6-10-25-26(22)23-17-19(2)13-16-24(23)33-25;28-25(27-26(29)21-11-5-7-13-24(21)31-27)17-14-15-20-19-10-4-6-12-22(19)30(23(20)16-17)18-8-2-1-3-9-18/h3-11,13-18H,12H2,1-2H3;1-16,28H,29H2. The summed E-state index contributed by atoms with van der Waals surface area (Å²) in [4.78, 5) is 14.9. The number of nitrogens with two attached hydrogens (primary N) is 1. The van der Waals surface area contributed by atoms with Crippen molar-refractivity contribution in [1.82, 2.24) is 19.5 Å². The van der Waals surface area contributed by atoms with Crippen LogP contribution in [0.5, 0.6) is 0 Å². The van der Waals surface area contributed by atoms with Gasteiger partial charge in [0.05, 0.1) is 16.7 Å². The number of hydrogen-bond donors (Lipinski definition) is 2. The van der Waals surface area contributed by atoms with Gasteiger partial charge in [-0.1, -0.05) is 140 Å². The Kier molecular flexibility index (Phi) is 9.78. The molecule has 308 valence electrons. The minimum absolute atomic E-state index is 0.278. The van der Waals surface area contributed by atoms with Crippen LogP contribution in [-0.4, -0.2) is 25.2 Å². The molecule has 1 aliphatic rings. The predicted molar refractivity (Wildman–Crippen MR) is 267 cm³/mol. The van der Waals surface area contributed by atoms with Crippen molar-refractivity contribution >= 4 is 81.3 Å². The van der Waals surface area contributed by atoms with Crippen LogP contribution in [0.2, 0.25) is 0 Å². The Morgan fingerprint density at radius 1 is 0.672 bits per heavy atom. The quantitative estimate of drug-likeness (QED) is 0.162. The number of thiophene rings is 1. The van der Waals surface area contributed by atoms with Crippen molar-refractivity contribution in [2.45, 2.75) is 20.3 Å². The molecule has 0 fully saturated rings. The number of benzene rings is 7. The van der Waals surface area contributed by atoms with E-state index >= 15 is 0 Å². The number of nitrogens with one attached hydrogen (secondary N) is 1. The van der Waals surface area contributed by atoms with Gasteiger partial charge < -0.3 is 14.7 Å². The van der Waals surface area contributed by atoms with Gasteiger partial charge in [-0.2, -0.15) is 0 Å². The first-order chi connectivity index (χ1) is 31.4. The predicted octanol–water partition coefficient (Wildman–Crippen LogP) is 14.4. The average molecular weight is 847 g/mol. The van der Waals surface area contributed by atoms with Gasteiger partial charge in [-0.15, -0.1) is 11.3 Å². The number of anilines is 1. The molecule has 1 unspecified atom stereocenters. The maximum Gasteiger partial charge on any atom is 0.176 e. The second kappa shape index (κ2) is 16.1. The van der Waals surface area contributed by atoms with Crippen molar-refractivity contribution in [1.29, 1.82) is 5.41 Å². The maximum absolute atomic E-state index is 8.85. The Morgan fingerprint density at radius 2 is 1.39 bits per heavy atom. The largest absolute Gasteiger partial charge is 0.452 e. The summed E-state index contributed by atoms with van der Waals surface area (Å²) < 4.78 is 10.7. The highest BCUT2D eigenvalue weighted by Crippen LogP contribution is 2.40. The Morgan fingerprint density at radius 3 is 2.19 bits per heavy atom. The van der Waals surface area contributed by atoms with Crippen LogP contribution in [0.4, 0.5) is 5.69 Å². The Hall–Kier alpha value is -7.94. The number of fused-ring (bicyclic) bond motifs is 7. The summed E-state index contributed by atoms with van der Waals surface area (Å²) in [5.41, 5.74) is 16.2. The highest BCUT2D eigenvalue weighted by atomic mass is 32.1. The van der Waals surface area contributed by atoms with E-state index in [1.807, 2.05) is 78.1 Å². The maximum atomic E-state index is 8.85. The van der Waals surface area contributed by atoms with E-state index in [1.165, 1.54) is 31.1 Å². The summed E-state index contributed by atoms with van der Waals surface area (Å²) in [7, 11) is 0. The first kappa shape index (κ1) is 38.9. The molecule has 64 heavy (non-hydrogen) atoms. The molecular formula is C56H42N6OS. The Balaban J connectivity index is 0.000000143. The minimum atomic E-state index is 0.278. The number of para-hydroxylation sites is 3. The normalized spacial score (nSPS) is 13.7. The number of nitrogen functional groups attached to an aromatic ring is 1. The molecule has 4 aromatic heterocycles. The summed E-state index contributed by atoms with van der Waals surface area (Å²) >= 11 is 1.82. The lowest BCUT2D eigenvalue weighted by Crippen LogP contribution is -2.04. The monoisotopic (exact) mass is 846 g/mol. The highest BCUT2D eigenvalue weighted by Gasteiger charge is 2.21. The molecule has 8 heteroatoms. The fourth-order valence-electron chi connectivity index (χ4n) is 8.73. The Bertz CT molecular complexity index is 3650. The van der Waals surface area contributed by atoms with E-state index in [4.69, 9.17) is 30.5 Å². The van der Waals surface area contributed by atoms with Gasteiger partial charge in [0.25, 0.3) is 0 Å². The zero-order chi connectivity index (χ0) is 43.3. The second-order valence-electron chi connectivity index (χ2n) is 16.3. The molecule has 1 aliphatic carbocycles. The van der Waals surface area contributed by atoms with E-state index in [0.717, 1.165) is 67.8 Å². The second-order valence-corrected chi connectivity index (χ2v) is 17.4. The van der Waals surface area contributed by atoms with Gasteiger partial charge in [-0.05, 0) is 73.9 Å². The molecule has 0 spiro atoms. The van der Waals surface area contributed by atoms with Gasteiger partial charge in [-0.25, -0.2) is 15.0 Å². The van der Waals surface area contributed by atoms with Gasteiger partial charge in [0, 0.05) is 64.3 Å². The van der Waals surface area contributed by atoms with Crippen molar-refractivity contribution in [3.63, 3.8) is 0 Å². The van der Waals surface area contributed by atoms with E-state index < -0.39 is 0 Å². The topological polar surface area (TPSA) is 107 Å². The SMILES string of the molecule is Cc1ccc2sc3cccc(-c4nc(C5=CCC(C)C=C5)nc(-c5ccccc5)n4)c3c2c1.N=C(c1ccc2c3ccccc3n(-c3ccccc3)c2c1)c1oc2ccccc2c1N. The van der Waals surface area contributed by atoms with Crippen LogP contribution in [0, 0.1) is 18.3 Å². The van der Waals surface area contributed by atoms with Crippen LogP contribution in [0.3, 0.4) is 0 Å². The number of rotatable bonds is 6. The van der Waals surface area contributed by atoms with Gasteiger partial charge in [0.1, 0.15) is 11.3 Å². The van der Waals surface area contributed by atoms with E-state index in [1.54, 1.807) is 0 Å². The van der Waals surface area contributed by atoms with E-state index in [2.05, 4.69) is 134 Å². The van der Waals surface area contributed by atoms with Gasteiger partial charge in [-0.3, -0.25) is 5.41 Å². The third kappa shape index (κ3) is 6.94. The molecule has 7 aromatic carbocycles.